The summed E-state index contributed by atoms with van der Waals surface area (Å²) in [7, 11) is 0. The van der Waals surface area contributed by atoms with Crippen molar-refractivity contribution >= 4 is 16.7 Å². The van der Waals surface area contributed by atoms with Gasteiger partial charge < -0.3 is 9.84 Å². The second-order valence-electron chi connectivity index (χ2n) is 8.88. The van der Waals surface area contributed by atoms with Gasteiger partial charge in [-0.1, -0.05) is 86.6 Å². The molecule has 0 aliphatic carbocycles. The zero-order valence-electron chi connectivity index (χ0n) is 19.3. The van der Waals surface area contributed by atoms with Crippen LogP contribution in [0, 0.1) is 5.92 Å². The average Bonchev–Trinajstić information content (AvgIpc) is 2.80. The van der Waals surface area contributed by atoms with Gasteiger partial charge in [-0.2, -0.15) is 0 Å². The minimum Gasteiger partial charge on any atom is -0.493 e. The highest BCUT2D eigenvalue weighted by Gasteiger charge is 2.13. The van der Waals surface area contributed by atoms with Gasteiger partial charge in [0.2, 0.25) is 0 Å². The predicted octanol–water partition coefficient (Wildman–Crippen LogP) is 7.15. The van der Waals surface area contributed by atoms with Gasteiger partial charge in [0.1, 0.15) is 5.75 Å². The predicted molar refractivity (Wildman–Crippen MR) is 135 cm³/mol. The number of carboxylic acids is 1. The molecule has 0 saturated heterocycles. The molecule has 0 aromatic heterocycles. The second-order valence-corrected chi connectivity index (χ2v) is 8.88. The Labute approximate surface area is 195 Å². The number of carbonyl (C=O) groups is 1. The van der Waals surface area contributed by atoms with E-state index in [4.69, 9.17) is 9.84 Å². The summed E-state index contributed by atoms with van der Waals surface area (Å²) in [5.74, 6) is 0.457. The lowest BCUT2D eigenvalue weighted by Gasteiger charge is -2.16. The fraction of sp³-hybridized carbons (Fsp3) is 0.233. The number of carboxylic acid groups (broad SMARTS) is 1. The summed E-state index contributed by atoms with van der Waals surface area (Å²) >= 11 is 0. The molecule has 0 heterocycles. The minimum absolute atomic E-state index is 0.0211. The summed E-state index contributed by atoms with van der Waals surface area (Å²) in [4.78, 5) is 11.0. The van der Waals surface area contributed by atoms with E-state index in [1.54, 1.807) is 0 Å². The summed E-state index contributed by atoms with van der Waals surface area (Å²) in [5.41, 5.74) is 6.02. The summed E-state index contributed by atoms with van der Waals surface area (Å²) in [6, 6.07) is 29.6. The molecule has 0 bridgehead atoms. The van der Waals surface area contributed by atoms with Crippen LogP contribution in [0.1, 0.15) is 37.0 Å². The second kappa shape index (κ2) is 10.4. The molecule has 1 N–H and O–H groups in total. The van der Waals surface area contributed by atoms with Crippen molar-refractivity contribution < 1.29 is 14.6 Å². The number of hydrogen-bond donors (Lipinski definition) is 1. The van der Waals surface area contributed by atoms with Gasteiger partial charge in [0, 0.05) is 6.42 Å². The van der Waals surface area contributed by atoms with Crippen LogP contribution in [0.5, 0.6) is 5.75 Å². The first-order chi connectivity index (χ1) is 16.0. The molecular weight excluding hydrogens is 408 g/mol. The molecule has 0 aliphatic heterocycles. The van der Waals surface area contributed by atoms with Crippen molar-refractivity contribution in [3.05, 3.63) is 102 Å². The number of rotatable bonds is 9. The van der Waals surface area contributed by atoms with Gasteiger partial charge in [0.05, 0.1) is 13.0 Å². The highest BCUT2D eigenvalue weighted by Crippen LogP contribution is 2.33. The van der Waals surface area contributed by atoms with E-state index in [2.05, 4.69) is 92.7 Å². The summed E-state index contributed by atoms with van der Waals surface area (Å²) in [6.45, 7) is 4.63. The first-order valence-corrected chi connectivity index (χ1v) is 11.5. The molecule has 3 heteroatoms. The Balaban J connectivity index is 1.75. The van der Waals surface area contributed by atoms with Crippen molar-refractivity contribution in [2.75, 3.05) is 6.61 Å². The number of aliphatic carboxylic acids is 1. The standard InChI is InChI=1S/C30H30O3/c1-21(2)18-23-9-4-6-13-28(23)25-14-15-29(33-17-16-30(31)32)26(20-25)19-24-11-7-10-22-8-3-5-12-27(22)24/h3-15,20-21H,16-19H2,1-2H3,(H,31,32). The van der Waals surface area contributed by atoms with Crippen LogP contribution in [-0.4, -0.2) is 17.7 Å². The quantitative estimate of drug-likeness (QED) is 0.302. The Bertz CT molecular complexity index is 1250. The Morgan fingerprint density at radius 1 is 0.848 bits per heavy atom. The van der Waals surface area contributed by atoms with Gasteiger partial charge in [0.15, 0.2) is 0 Å². The van der Waals surface area contributed by atoms with E-state index < -0.39 is 5.97 Å². The van der Waals surface area contributed by atoms with E-state index in [1.807, 2.05) is 6.07 Å². The molecule has 4 aromatic rings. The molecule has 4 rings (SSSR count). The third-order valence-corrected chi connectivity index (χ3v) is 5.85. The lowest BCUT2D eigenvalue weighted by molar-refractivity contribution is -0.137. The van der Waals surface area contributed by atoms with E-state index in [9.17, 15) is 4.79 Å². The maximum absolute atomic E-state index is 11.0. The summed E-state index contributed by atoms with van der Waals surface area (Å²) < 4.78 is 5.94. The Morgan fingerprint density at radius 3 is 2.39 bits per heavy atom. The van der Waals surface area contributed by atoms with Gasteiger partial charge in [-0.3, -0.25) is 4.79 Å². The summed E-state index contributed by atoms with van der Waals surface area (Å²) in [5, 5.41) is 11.5. The van der Waals surface area contributed by atoms with Crippen LogP contribution in [0.3, 0.4) is 0 Å². The zero-order valence-corrected chi connectivity index (χ0v) is 19.3. The zero-order chi connectivity index (χ0) is 23.2. The van der Waals surface area contributed by atoms with Crippen molar-refractivity contribution in [2.24, 2.45) is 5.92 Å². The lowest BCUT2D eigenvalue weighted by atomic mass is 9.91. The van der Waals surface area contributed by atoms with Crippen LogP contribution in [0.2, 0.25) is 0 Å². The molecule has 0 aliphatic rings. The van der Waals surface area contributed by atoms with Gasteiger partial charge in [0.25, 0.3) is 0 Å². The van der Waals surface area contributed by atoms with Crippen molar-refractivity contribution in [3.63, 3.8) is 0 Å². The number of ether oxygens (including phenoxy) is 1. The fourth-order valence-electron chi connectivity index (χ4n) is 4.35. The Hall–Kier alpha value is -3.59. The van der Waals surface area contributed by atoms with Crippen molar-refractivity contribution in [3.8, 4) is 16.9 Å². The largest absolute Gasteiger partial charge is 0.493 e. The fourth-order valence-corrected chi connectivity index (χ4v) is 4.35. The first kappa shape index (κ1) is 22.6. The topological polar surface area (TPSA) is 46.5 Å². The number of fused-ring (bicyclic) bond motifs is 1. The van der Waals surface area contributed by atoms with Crippen LogP contribution < -0.4 is 4.74 Å². The van der Waals surface area contributed by atoms with Crippen LogP contribution in [0.15, 0.2) is 84.9 Å². The lowest BCUT2D eigenvalue weighted by Crippen LogP contribution is -2.06. The normalized spacial score (nSPS) is 11.1. The van der Waals surface area contributed by atoms with E-state index >= 15 is 0 Å². The van der Waals surface area contributed by atoms with E-state index in [0.29, 0.717) is 12.3 Å². The van der Waals surface area contributed by atoms with Crippen molar-refractivity contribution in [1.29, 1.82) is 0 Å². The molecular formula is C30H30O3. The molecule has 0 fully saturated rings. The molecule has 0 unspecified atom stereocenters. The maximum atomic E-state index is 11.0. The monoisotopic (exact) mass is 438 g/mol. The van der Waals surface area contributed by atoms with Gasteiger partial charge in [-0.25, -0.2) is 0 Å². The molecule has 4 aromatic carbocycles. The highest BCUT2D eigenvalue weighted by molar-refractivity contribution is 5.86. The van der Waals surface area contributed by atoms with Crippen LogP contribution in [0.4, 0.5) is 0 Å². The average molecular weight is 439 g/mol. The van der Waals surface area contributed by atoms with E-state index in [0.717, 1.165) is 23.3 Å². The van der Waals surface area contributed by atoms with Gasteiger partial charge in [-0.15, -0.1) is 0 Å². The highest BCUT2D eigenvalue weighted by atomic mass is 16.5. The number of hydrogen-bond acceptors (Lipinski definition) is 2. The van der Waals surface area contributed by atoms with Gasteiger partial charge in [-0.05, 0) is 63.1 Å². The smallest absolute Gasteiger partial charge is 0.306 e. The minimum atomic E-state index is -0.857. The molecule has 168 valence electrons. The Morgan fingerprint density at radius 2 is 1.58 bits per heavy atom. The third-order valence-electron chi connectivity index (χ3n) is 5.85. The van der Waals surface area contributed by atoms with Crippen LogP contribution >= 0.6 is 0 Å². The molecule has 0 amide bonds. The van der Waals surface area contributed by atoms with E-state index in [-0.39, 0.29) is 13.0 Å². The number of benzene rings is 4. The molecule has 0 spiro atoms. The molecule has 0 atom stereocenters. The van der Waals surface area contributed by atoms with Crippen molar-refractivity contribution in [1.82, 2.24) is 0 Å². The molecule has 0 radical (unpaired) electrons. The first-order valence-electron chi connectivity index (χ1n) is 11.5. The van der Waals surface area contributed by atoms with Gasteiger partial charge >= 0.3 is 5.97 Å². The molecule has 3 nitrogen and oxygen atoms in total. The third kappa shape index (κ3) is 5.61. The van der Waals surface area contributed by atoms with Crippen LogP contribution in [0.25, 0.3) is 21.9 Å². The summed E-state index contributed by atoms with van der Waals surface area (Å²) in [6.07, 6.45) is 1.71. The SMILES string of the molecule is CC(C)Cc1ccccc1-c1ccc(OCCC(=O)O)c(Cc2cccc3ccccc23)c1. The molecule has 33 heavy (non-hydrogen) atoms. The Kier molecular flexibility index (Phi) is 7.09. The molecule has 0 saturated carbocycles. The van der Waals surface area contributed by atoms with Crippen LogP contribution in [-0.2, 0) is 17.6 Å². The van der Waals surface area contributed by atoms with Crippen molar-refractivity contribution in [2.45, 2.75) is 33.1 Å². The van der Waals surface area contributed by atoms with E-state index in [1.165, 1.54) is 27.5 Å². The maximum Gasteiger partial charge on any atom is 0.306 e.